The van der Waals surface area contributed by atoms with E-state index in [1.54, 1.807) is 5.57 Å². The molecule has 0 bridgehead atoms. The Morgan fingerprint density at radius 1 is 0.491 bits per heavy atom. The van der Waals surface area contributed by atoms with Gasteiger partial charge in [0.2, 0.25) is 0 Å². The monoisotopic (exact) mass is 746 g/mol. The summed E-state index contributed by atoms with van der Waals surface area (Å²) in [6, 6.07) is 0. The van der Waals surface area contributed by atoms with E-state index in [1.165, 1.54) is 128 Å². The molecule has 0 spiro atoms. The maximum Gasteiger partial charge on any atom is 0.188 e. The van der Waals surface area contributed by atoms with Gasteiger partial charge in [-0.3, -0.25) is 0 Å². The molecule has 6 atom stereocenters. The van der Waals surface area contributed by atoms with Crippen molar-refractivity contribution in [3.8, 4) is 0 Å². The van der Waals surface area contributed by atoms with E-state index in [1.807, 2.05) is 6.26 Å². The summed E-state index contributed by atoms with van der Waals surface area (Å²) in [6.45, 7) is 25.6. The SMILES string of the molecule is CC(=CCCCC(C)CCCC(C)CCC(CCC(C)CCCC(C)CCCC(C)CCCC(C)C)OCOC=CCCCN(C)C)CCCC(C)C. The number of nitrogens with zero attached hydrogens (tertiary/aromatic N) is 1. The van der Waals surface area contributed by atoms with Crippen molar-refractivity contribution in [2.75, 3.05) is 27.4 Å². The average Bonchev–Trinajstić information content (AvgIpc) is 3.08. The molecule has 0 aliphatic carbocycles. The van der Waals surface area contributed by atoms with Crippen molar-refractivity contribution >= 4 is 0 Å². The molecule has 6 unspecified atom stereocenters. The standard InChI is InChI=1S/C50H99NO2/c1-42(2)23-18-27-44(5)25-14-15-26-45(6)29-21-33-48(9)35-37-50(53-41-52-40-17-13-16-39-51(11)12)38-36-49(10)34-22-32-47(8)31-20-30-46(7)28-19-24-43(3)4/h17,25,40,42-43,45-50H,13-16,18-24,26-39,41H2,1-12H3. The van der Waals surface area contributed by atoms with Crippen LogP contribution in [0.25, 0.3) is 0 Å². The molecule has 0 radical (unpaired) electrons. The van der Waals surface area contributed by atoms with Crippen LogP contribution in [0, 0.1) is 41.4 Å². The molecule has 0 saturated heterocycles. The number of rotatable bonds is 38. The van der Waals surface area contributed by atoms with Gasteiger partial charge in [0, 0.05) is 0 Å². The molecule has 0 aromatic carbocycles. The van der Waals surface area contributed by atoms with E-state index in [2.05, 4.69) is 100 Å². The van der Waals surface area contributed by atoms with Crippen molar-refractivity contribution in [3.63, 3.8) is 0 Å². The molecule has 3 nitrogen and oxygen atoms in total. The van der Waals surface area contributed by atoms with Crippen LogP contribution >= 0.6 is 0 Å². The Bertz CT molecular complexity index is 831. The smallest absolute Gasteiger partial charge is 0.188 e. The molecular formula is C50H99NO2. The predicted molar refractivity (Wildman–Crippen MR) is 239 cm³/mol. The van der Waals surface area contributed by atoms with E-state index in [4.69, 9.17) is 9.47 Å². The molecule has 0 N–H and O–H groups in total. The van der Waals surface area contributed by atoms with Crippen molar-refractivity contribution in [3.05, 3.63) is 24.0 Å². The summed E-state index contributed by atoms with van der Waals surface area (Å²) < 4.78 is 12.2. The van der Waals surface area contributed by atoms with Gasteiger partial charge in [-0.1, -0.05) is 164 Å². The second kappa shape index (κ2) is 35.6. The molecular weight excluding hydrogens is 647 g/mol. The Morgan fingerprint density at radius 3 is 1.40 bits per heavy atom. The fraction of sp³-hybridized carbons (Fsp3) is 0.920. The molecule has 3 heteroatoms. The Hall–Kier alpha value is -0.800. The average molecular weight is 746 g/mol. The number of unbranched alkanes of at least 4 members (excludes halogenated alkanes) is 2. The van der Waals surface area contributed by atoms with Crippen LogP contribution in [0.1, 0.15) is 223 Å². The van der Waals surface area contributed by atoms with Crippen LogP contribution in [0.3, 0.4) is 0 Å². The second-order valence-electron chi connectivity index (χ2n) is 19.5. The van der Waals surface area contributed by atoms with Crippen LogP contribution in [0.15, 0.2) is 24.0 Å². The van der Waals surface area contributed by atoms with Gasteiger partial charge in [0.15, 0.2) is 6.79 Å². The normalized spacial score (nSPS) is 16.2. The lowest BCUT2D eigenvalue weighted by molar-refractivity contribution is -0.0657. The summed E-state index contributed by atoms with van der Waals surface area (Å²) in [5.74, 6) is 5.84. The topological polar surface area (TPSA) is 21.7 Å². The predicted octanol–water partition coefficient (Wildman–Crippen LogP) is 16.2. The third-order valence-electron chi connectivity index (χ3n) is 11.9. The summed E-state index contributed by atoms with van der Waals surface area (Å²) >= 11 is 0. The van der Waals surface area contributed by atoms with Crippen molar-refractivity contribution < 1.29 is 9.47 Å². The lowest BCUT2D eigenvalue weighted by Gasteiger charge is -2.22. The summed E-state index contributed by atoms with van der Waals surface area (Å²) in [5.41, 5.74) is 1.60. The van der Waals surface area contributed by atoms with Gasteiger partial charge in [-0.2, -0.15) is 0 Å². The number of hydrogen-bond acceptors (Lipinski definition) is 3. The number of allylic oxidation sites excluding steroid dienone is 3. The first-order chi connectivity index (χ1) is 25.3. The van der Waals surface area contributed by atoms with Crippen molar-refractivity contribution in [1.29, 1.82) is 0 Å². The number of ether oxygens (including phenoxy) is 2. The van der Waals surface area contributed by atoms with Gasteiger partial charge in [-0.15, -0.1) is 0 Å². The minimum atomic E-state index is 0.310. The van der Waals surface area contributed by atoms with Gasteiger partial charge in [-0.25, -0.2) is 0 Å². The maximum absolute atomic E-state index is 6.39. The Balaban J connectivity index is 4.50. The van der Waals surface area contributed by atoms with Gasteiger partial charge < -0.3 is 14.4 Å². The molecule has 316 valence electrons. The quantitative estimate of drug-likeness (QED) is 0.0272. The molecule has 0 aliphatic rings. The zero-order valence-electron chi connectivity index (χ0n) is 38.5. The highest BCUT2D eigenvalue weighted by Gasteiger charge is 2.15. The number of hydrogen-bond donors (Lipinski definition) is 0. The van der Waals surface area contributed by atoms with Gasteiger partial charge in [0.05, 0.1) is 12.4 Å². The van der Waals surface area contributed by atoms with Crippen molar-refractivity contribution in [1.82, 2.24) is 4.90 Å². The molecule has 0 rings (SSSR count). The fourth-order valence-electron chi connectivity index (χ4n) is 7.83. The molecule has 0 saturated carbocycles. The lowest BCUT2D eigenvalue weighted by Crippen LogP contribution is -2.17. The Kier molecular flexibility index (Phi) is 35.1. The van der Waals surface area contributed by atoms with Crippen LogP contribution in [0.5, 0.6) is 0 Å². The van der Waals surface area contributed by atoms with Gasteiger partial charge in [0.1, 0.15) is 0 Å². The molecule has 0 aromatic heterocycles. The molecule has 0 fully saturated rings. The van der Waals surface area contributed by atoms with Crippen molar-refractivity contribution in [2.45, 2.75) is 229 Å². The third kappa shape index (κ3) is 37.9. The largest absolute Gasteiger partial charge is 0.475 e. The molecule has 0 aliphatic heterocycles. The van der Waals surface area contributed by atoms with Crippen LogP contribution in [-0.4, -0.2) is 38.4 Å². The van der Waals surface area contributed by atoms with Gasteiger partial charge in [-0.05, 0) is 139 Å². The van der Waals surface area contributed by atoms with E-state index >= 15 is 0 Å². The van der Waals surface area contributed by atoms with Crippen LogP contribution < -0.4 is 0 Å². The molecule has 53 heavy (non-hydrogen) atoms. The Morgan fingerprint density at radius 2 is 0.925 bits per heavy atom. The van der Waals surface area contributed by atoms with E-state index in [0.29, 0.717) is 12.9 Å². The van der Waals surface area contributed by atoms with E-state index in [9.17, 15) is 0 Å². The zero-order chi connectivity index (χ0) is 39.7. The van der Waals surface area contributed by atoms with Crippen LogP contribution in [0.4, 0.5) is 0 Å². The Labute approximate surface area is 335 Å². The highest BCUT2D eigenvalue weighted by atomic mass is 16.7. The summed E-state index contributed by atoms with van der Waals surface area (Å²) in [5, 5.41) is 0. The highest BCUT2D eigenvalue weighted by Crippen LogP contribution is 2.26. The fourth-order valence-corrected chi connectivity index (χ4v) is 7.83. The first-order valence-corrected chi connectivity index (χ1v) is 23.5. The zero-order valence-corrected chi connectivity index (χ0v) is 38.5. The highest BCUT2D eigenvalue weighted by molar-refractivity contribution is 4.97. The van der Waals surface area contributed by atoms with Crippen molar-refractivity contribution in [2.24, 2.45) is 41.4 Å². The summed E-state index contributed by atoms with van der Waals surface area (Å²) in [7, 11) is 4.26. The first-order valence-electron chi connectivity index (χ1n) is 23.5. The summed E-state index contributed by atoms with van der Waals surface area (Å²) in [4.78, 5) is 2.24. The minimum Gasteiger partial charge on any atom is -0.475 e. The molecule has 0 amide bonds. The van der Waals surface area contributed by atoms with Gasteiger partial charge in [0.25, 0.3) is 0 Å². The first kappa shape index (κ1) is 52.2. The van der Waals surface area contributed by atoms with E-state index in [0.717, 1.165) is 73.7 Å². The van der Waals surface area contributed by atoms with Crippen LogP contribution in [0.2, 0.25) is 0 Å². The lowest BCUT2D eigenvalue weighted by atomic mass is 9.89. The third-order valence-corrected chi connectivity index (χ3v) is 11.9. The van der Waals surface area contributed by atoms with E-state index in [-0.39, 0.29) is 0 Å². The second-order valence-corrected chi connectivity index (χ2v) is 19.5. The van der Waals surface area contributed by atoms with Crippen LogP contribution in [-0.2, 0) is 9.47 Å². The maximum atomic E-state index is 6.39. The summed E-state index contributed by atoms with van der Waals surface area (Å²) in [6.07, 6.45) is 38.6. The van der Waals surface area contributed by atoms with E-state index < -0.39 is 0 Å². The molecule has 0 aromatic rings. The minimum absolute atomic E-state index is 0.310. The van der Waals surface area contributed by atoms with Gasteiger partial charge >= 0.3 is 0 Å². The molecule has 0 heterocycles.